The first-order valence-corrected chi connectivity index (χ1v) is 8.61. The van der Waals surface area contributed by atoms with E-state index in [1.807, 2.05) is 12.1 Å². The van der Waals surface area contributed by atoms with E-state index in [4.69, 9.17) is 4.74 Å². The zero-order chi connectivity index (χ0) is 17.2. The summed E-state index contributed by atoms with van der Waals surface area (Å²) in [6.07, 6.45) is 0. The molecule has 3 nitrogen and oxygen atoms in total. The highest BCUT2D eigenvalue weighted by molar-refractivity contribution is 5.86. The fraction of sp³-hybridized carbons (Fsp3) is 0.182. The molecule has 3 heteroatoms. The summed E-state index contributed by atoms with van der Waals surface area (Å²) < 4.78 is 5.29. The van der Waals surface area contributed by atoms with Gasteiger partial charge in [-0.2, -0.15) is 0 Å². The third kappa shape index (κ3) is 3.11. The number of aromatic amines is 1. The lowest BCUT2D eigenvalue weighted by atomic mass is 10.00. The van der Waals surface area contributed by atoms with E-state index in [1.165, 1.54) is 27.4 Å². The number of H-pyrrole nitrogens is 1. The molecule has 0 saturated heterocycles. The van der Waals surface area contributed by atoms with Crippen molar-refractivity contribution in [2.24, 2.45) is 0 Å². The van der Waals surface area contributed by atoms with Gasteiger partial charge < -0.3 is 15.0 Å². The molecule has 0 radical (unpaired) electrons. The van der Waals surface area contributed by atoms with Gasteiger partial charge in [-0.05, 0) is 46.8 Å². The molecular formula is C22H22N2O. The van der Waals surface area contributed by atoms with Gasteiger partial charge in [0.15, 0.2) is 0 Å². The number of methoxy groups -OCH3 is 1. The van der Waals surface area contributed by atoms with E-state index in [0.29, 0.717) is 0 Å². The van der Waals surface area contributed by atoms with Crippen LogP contribution >= 0.6 is 0 Å². The predicted molar refractivity (Wildman–Crippen MR) is 104 cm³/mol. The van der Waals surface area contributed by atoms with E-state index >= 15 is 0 Å². The zero-order valence-electron chi connectivity index (χ0n) is 14.5. The van der Waals surface area contributed by atoms with Crippen molar-refractivity contribution < 1.29 is 4.74 Å². The summed E-state index contributed by atoms with van der Waals surface area (Å²) >= 11 is 0. The van der Waals surface area contributed by atoms with Gasteiger partial charge in [0.25, 0.3) is 0 Å². The first-order valence-electron chi connectivity index (χ1n) is 8.61. The van der Waals surface area contributed by atoms with E-state index < -0.39 is 0 Å². The van der Waals surface area contributed by atoms with Crippen LogP contribution in [0.2, 0.25) is 0 Å². The number of ether oxygens (including phenoxy) is 1. The summed E-state index contributed by atoms with van der Waals surface area (Å²) in [5, 5.41) is 7.43. The van der Waals surface area contributed by atoms with Crippen molar-refractivity contribution in [2.45, 2.75) is 19.5 Å². The van der Waals surface area contributed by atoms with Crippen LogP contribution in [-0.4, -0.2) is 12.1 Å². The highest BCUT2D eigenvalue weighted by atomic mass is 16.5. The Bertz CT molecular complexity index is 1010. The molecular weight excluding hydrogens is 308 g/mol. The molecule has 126 valence electrons. The number of fused-ring (bicyclic) bond motifs is 2. The second kappa shape index (κ2) is 6.61. The van der Waals surface area contributed by atoms with Gasteiger partial charge in [-0.15, -0.1) is 0 Å². The van der Waals surface area contributed by atoms with Crippen LogP contribution in [0.1, 0.15) is 24.2 Å². The first-order chi connectivity index (χ1) is 12.2. The lowest BCUT2D eigenvalue weighted by molar-refractivity contribution is 0.415. The zero-order valence-corrected chi connectivity index (χ0v) is 14.5. The molecule has 0 bridgehead atoms. The van der Waals surface area contributed by atoms with Gasteiger partial charge in [-0.25, -0.2) is 0 Å². The number of benzene rings is 3. The van der Waals surface area contributed by atoms with E-state index in [2.05, 4.69) is 71.8 Å². The van der Waals surface area contributed by atoms with Crippen LogP contribution in [0.25, 0.3) is 21.7 Å². The van der Waals surface area contributed by atoms with Gasteiger partial charge in [0.1, 0.15) is 5.75 Å². The van der Waals surface area contributed by atoms with Gasteiger partial charge in [0.2, 0.25) is 0 Å². The molecule has 0 aliphatic rings. The minimum Gasteiger partial charge on any atom is -0.497 e. The van der Waals surface area contributed by atoms with Crippen LogP contribution in [-0.2, 0) is 6.54 Å². The highest BCUT2D eigenvalue weighted by Crippen LogP contribution is 2.25. The smallest absolute Gasteiger partial charge is 0.120 e. The molecule has 0 amide bonds. The normalized spacial score (nSPS) is 12.6. The maximum Gasteiger partial charge on any atom is 0.120 e. The minimum absolute atomic E-state index is 0.270. The summed E-state index contributed by atoms with van der Waals surface area (Å²) in [7, 11) is 1.69. The molecule has 0 spiro atoms. The van der Waals surface area contributed by atoms with Crippen LogP contribution in [0.5, 0.6) is 5.75 Å². The fourth-order valence-electron chi connectivity index (χ4n) is 3.39. The lowest BCUT2D eigenvalue weighted by Crippen LogP contribution is -2.18. The second-order valence-electron chi connectivity index (χ2n) is 6.42. The van der Waals surface area contributed by atoms with Crippen molar-refractivity contribution in [3.8, 4) is 5.75 Å². The van der Waals surface area contributed by atoms with Crippen molar-refractivity contribution in [1.82, 2.24) is 10.3 Å². The molecule has 25 heavy (non-hydrogen) atoms. The van der Waals surface area contributed by atoms with Crippen molar-refractivity contribution >= 4 is 21.7 Å². The monoisotopic (exact) mass is 330 g/mol. The molecule has 0 unspecified atom stereocenters. The van der Waals surface area contributed by atoms with E-state index in [1.54, 1.807) is 7.11 Å². The molecule has 0 fully saturated rings. The lowest BCUT2D eigenvalue weighted by Gasteiger charge is -2.16. The molecule has 1 atom stereocenters. The van der Waals surface area contributed by atoms with E-state index in [9.17, 15) is 0 Å². The van der Waals surface area contributed by atoms with Gasteiger partial charge >= 0.3 is 0 Å². The van der Waals surface area contributed by atoms with Crippen LogP contribution < -0.4 is 10.1 Å². The Kier molecular flexibility index (Phi) is 4.16. The minimum atomic E-state index is 0.270. The maximum absolute atomic E-state index is 5.29. The molecule has 0 aliphatic heterocycles. The molecule has 1 aromatic heterocycles. The third-order valence-corrected chi connectivity index (χ3v) is 4.77. The molecule has 0 saturated carbocycles. The summed E-state index contributed by atoms with van der Waals surface area (Å²) in [6.45, 7) is 3.01. The Hall–Kier alpha value is -2.78. The van der Waals surface area contributed by atoms with Crippen molar-refractivity contribution in [3.63, 3.8) is 0 Å². The van der Waals surface area contributed by atoms with E-state index in [0.717, 1.165) is 17.8 Å². The molecule has 1 heterocycles. The van der Waals surface area contributed by atoms with Gasteiger partial charge in [0, 0.05) is 29.9 Å². The van der Waals surface area contributed by atoms with Crippen LogP contribution in [0.4, 0.5) is 0 Å². The average Bonchev–Trinajstić information content (AvgIpc) is 3.07. The summed E-state index contributed by atoms with van der Waals surface area (Å²) in [5.41, 5.74) is 3.61. The largest absolute Gasteiger partial charge is 0.497 e. The molecule has 3 aromatic carbocycles. The Labute approximate surface area is 147 Å². The summed E-state index contributed by atoms with van der Waals surface area (Å²) in [5.74, 6) is 0.873. The van der Waals surface area contributed by atoms with Crippen LogP contribution in [0, 0.1) is 0 Å². The van der Waals surface area contributed by atoms with Crippen molar-refractivity contribution in [1.29, 1.82) is 0 Å². The fourth-order valence-corrected chi connectivity index (χ4v) is 3.39. The molecule has 2 N–H and O–H groups in total. The Morgan fingerprint density at radius 3 is 2.68 bits per heavy atom. The number of rotatable bonds is 5. The maximum atomic E-state index is 5.29. The highest BCUT2D eigenvalue weighted by Gasteiger charge is 2.09. The van der Waals surface area contributed by atoms with Crippen molar-refractivity contribution in [3.05, 3.63) is 78.0 Å². The van der Waals surface area contributed by atoms with Crippen LogP contribution in [0.3, 0.4) is 0 Å². The molecule has 0 aliphatic carbocycles. The van der Waals surface area contributed by atoms with Gasteiger partial charge in [-0.1, -0.05) is 42.5 Å². The average molecular weight is 330 g/mol. The summed E-state index contributed by atoms with van der Waals surface area (Å²) in [6, 6.07) is 23.6. The Morgan fingerprint density at radius 2 is 1.80 bits per heavy atom. The topological polar surface area (TPSA) is 37.0 Å². The van der Waals surface area contributed by atoms with Gasteiger partial charge in [-0.3, -0.25) is 0 Å². The Balaban J connectivity index is 1.54. The van der Waals surface area contributed by atoms with E-state index in [-0.39, 0.29) is 6.04 Å². The SMILES string of the molecule is COc1ccc2cc(CN[C@H](C)c3cccc4ccccc34)[nH]c2c1. The Morgan fingerprint density at radius 1 is 0.960 bits per heavy atom. The van der Waals surface area contributed by atoms with Crippen LogP contribution in [0.15, 0.2) is 66.7 Å². The quantitative estimate of drug-likeness (QED) is 0.529. The first kappa shape index (κ1) is 15.7. The number of nitrogens with one attached hydrogen (secondary N) is 2. The number of hydrogen-bond donors (Lipinski definition) is 2. The number of aromatic nitrogens is 1. The third-order valence-electron chi connectivity index (χ3n) is 4.77. The van der Waals surface area contributed by atoms with Crippen molar-refractivity contribution in [2.75, 3.05) is 7.11 Å². The standard InChI is InChI=1S/C22H22N2O/c1-15(20-9-5-7-16-6-3-4-8-21(16)20)23-14-18-12-17-10-11-19(25-2)13-22(17)24-18/h3-13,15,23-24H,14H2,1-2H3/t15-/m1/s1. The molecule has 4 aromatic rings. The number of hydrogen-bond acceptors (Lipinski definition) is 2. The summed E-state index contributed by atoms with van der Waals surface area (Å²) in [4.78, 5) is 3.47. The van der Waals surface area contributed by atoms with Gasteiger partial charge in [0.05, 0.1) is 7.11 Å². The molecule has 4 rings (SSSR count). The second-order valence-corrected chi connectivity index (χ2v) is 6.42. The predicted octanol–water partition coefficient (Wildman–Crippen LogP) is 5.18.